The number of aliphatic hydroxyl groups excluding tert-OH is 1. The molecule has 1 atom stereocenters. The number of azide groups is 1. The third-order valence-corrected chi connectivity index (χ3v) is 1.82. The first-order valence-corrected chi connectivity index (χ1v) is 4.06. The van der Waals surface area contributed by atoms with Gasteiger partial charge in [-0.05, 0) is 5.53 Å². The van der Waals surface area contributed by atoms with Gasteiger partial charge in [-0.1, -0.05) is 5.11 Å². The van der Waals surface area contributed by atoms with E-state index in [4.69, 9.17) is 10.6 Å². The average molecular weight is 217 g/mol. The second kappa shape index (κ2) is 4.72. The fourth-order valence-corrected chi connectivity index (χ4v) is 1.21. The Labute approximate surface area is 83.8 Å². The van der Waals surface area contributed by atoms with Gasteiger partial charge in [0.25, 0.3) is 6.43 Å². The molecular formula is C7H9F2N5O. The lowest BCUT2D eigenvalue weighted by atomic mass is 10.1. The van der Waals surface area contributed by atoms with Gasteiger partial charge in [-0.15, -0.1) is 0 Å². The first kappa shape index (κ1) is 11.4. The van der Waals surface area contributed by atoms with Gasteiger partial charge < -0.3 is 5.11 Å². The highest BCUT2D eigenvalue weighted by Crippen LogP contribution is 2.27. The molecule has 0 bridgehead atoms. The van der Waals surface area contributed by atoms with Gasteiger partial charge in [0.1, 0.15) is 5.69 Å². The summed E-state index contributed by atoms with van der Waals surface area (Å²) in [6, 6.07) is -1.02. The van der Waals surface area contributed by atoms with Gasteiger partial charge >= 0.3 is 0 Å². The topological polar surface area (TPSA) is 86.8 Å². The average Bonchev–Trinajstić information content (AvgIpc) is 2.56. The van der Waals surface area contributed by atoms with E-state index in [-0.39, 0.29) is 5.56 Å². The van der Waals surface area contributed by atoms with Crippen molar-refractivity contribution in [2.24, 2.45) is 12.2 Å². The van der Waals surface area contributed by atoms with Crippen molar-refractivity contribution in [3.05, 3.63) is 27.9 Å². The van der Waals surface area contributed by atoms with Gasteiger partial charge in [-0.3, -0.25) is 4.68 Å². The maximum atomic E-state index is 12.5. The Hall–Kier alpha value is -1.66. The van der Waals surface area contributed by atoms with E-state index in [1.807, 2.05) is 0 Å². The zero-order valence-corrected chi connectivity index (χ0v) is 7.88. The van der Waals surface area contributed by atoms with Crippen LogP contribution in [0.2, 0.25) is 0 Å². The van der Waals surface area contributed by atoms with Crippen molar-refractivity contribution in [1.82, 2.24) is 9.78 Å². The lowest BCUT2D eigenvalue weighted by Gasteiger charge is -2.06. The number of nitrogens with zero attached hydrogens (tertiary/aromatic N) is 5. The van der Waals surface area contributed by atoms with Crippen LogP contribution in [-0.4, -0.2) is 21.5 Å². The Morgan fingerprint density at radius 1 is 1.73 bits per heavy atom. The Morgan fingerprint density at radius 2 is 2.40 bits per heavy atom. The van der Waals surface area contributed by atoms with E-state index >= 15 is 0 Å². The van der Waals surface area contributed by atoms with Crippen LogP contribution in [0.5, 0.6) is 0 Å². The summed E-state index contributed by atoms with van der Waals surface area (Å²) in [5.74, 6) is 0. The second-order valence-electron chi connectivity index (χ2n) is 2.85. The molecule has 1 aromatic heterocycles. The van der Waals surface area contributed by atoms with Crippen molar-refractivity contribution in [3.8, 4) is 0 Å². The van der Waals surface area contributed by atoms with E-state index in [0.717, 1.165) is 0 Å². The van der Waals surface area contributed by atoms with Gasteiger partial charge in [0, 0.05) is 23.7 Å². The fraction of sp³-hybridized carbons (Fsp3) is 0.571. The molecule has 1 unspecified atom stereocenters. The highest BCUT2D eigenvalue weighted by Gasteiger charge is 2.22. The second-order valence-corrected chi connectivity index (χ2v) is 2.85. The molecule has 1 N–H and O–H groups in total. The molecule has 0 spiro atoms. The van der Waals surface area contributed by atoms with Crippen LogP contribution >= 0.6 is 0 Å². The molecule has 8 heteroatoms. The third-order valence-electron chi connectivity index (χ3n) is 1.82. The Bertz CT molecular complexity index is 385. The summed E-state index contributed by atoms with van der Waals surface area (Å²) < 4.78 is 26.2. The summed E-state index contributed by atoms with van der Waals surface area (Å²) in [5.41, 5.74) is 7.78. The van der Waals surface area contributed by atoms with Crippen LogP contribution in [0, 0.1) is 0 Å². The quantitative estimate of drug-likeness (QED) is 0.472. The first-order valence-electron chi connectivity index (χ1n) is 4.06. The highest BCUT2D eigenvalue weighted by molar-refractivity contribution is 5.22. The van der Waals surface area contributed by atoms with Crippen molar-refractivity contribution in [3.63, 3.8) is 0 Å². The molecule has 15 heavy (non-hydrogen) atoms. The lowest BCUT2D eigenvalue weighted by molar-refractivity contribution is 0.142. The molecule has 0 radical (unpaired) electrons. The maximum Gasteiger partial charge on any atom is 0.282 e. The maximum absolute atomic E-state index is 12.5. The van der Waals surface area contributed by atoms with Crippen LogP contribution in [-0.2, 0) is 7.05 Å². The largest absolute Gasteiger partial charge is 0.396 e. The molecule has 1 aromatic rings. The van der Waals surface area contributed by atoms with E-state index in [1.54, 1.807) is 0 Å². The van der Waals surface area contributed by atoms with Gasteiger partial charge in [0.05, 0.1) is 12.6 Å². The van der Waals surface area contributed by atoms with E-state index in [2.05, 4.69) is 15.1 Å². The summed E-state index contributed by atoms with van der Waals surface area (Å²) in [5, 5.41) is 15.6. The molecule has 6 nitrogen and oxygen atoms in total. The van der Waals surface area contributed by atoms with Crippen molar-refractivity contribution in [2.45, 2.75) is 12.5 Å². The molecule has 0 aliphatic heterocycles. The number of hydrogen-bond donors (Lipinski definition) is 1. The molecule has 0 aromatic carbocycles. The number of rotatable bonds is 4. The lowest BCUT2D eigenvalue weighted by Crippen LogP contribution is -2.02. The fourth-order valence-electron chi connectivity index (χ4n) is 1.21. The van der Waals surface area contributed by atoms with Crippen molar-refractivity contribution in [2.75, 3.05) is 6.61 Å². The third kappa shape index (κ3) is 2.42. The molecule has 0 aliphatic rings. The normalized spacial score (nSPS) is 12.6. The number of halogens is 2. The van der Waals surface area contributed by atoms with Crippen molar-refractivity contribution in [1.29, 1.82) is 0 Å². The predicted molar refractivity (Wildman–Crippen MR) is 47.1 cm³/mol. The van der Waals surface area contributed by atoms with Gasteiger partial charge in [0.2, 0.25) is 0 Å². The summed E-state index contributed by atoms with van der Waals surface area (Å²) in [6.45, 7) is -0.532. The molecule has 0 saturated carbocycles. The monoisotopic (exact) mass is 217 g/mol. The van der Waals surface area contributed by atoms with E-state index < -0.39 is 24.8 Å². The molecule has 1 heterocycles. The van der Waals surface area contributed by atoms with Crippen LogP contribution in [0.25, 0.3) is 10.4 Å². The standard InChI is InChI=1S/C7H9F2N5O/c1-14-2-4(5(3-15)11-13-10)6(12-14)7(8)9/h2,5,7,15H,3H2,1H3. The summed E-state index contributed by atoms with van der Waals surface area (Å²) in [6.07, 6.45) is -1.46. The zero-order chi connectivity index (χ0) is 11.4. The van der Waals surface area contributed by atoms with Crippen LogP contribution in [0.1, 0.15) is 23.7 Å². The van der Waals surface area contributed by atoms with Crippen LogP contribution in [0.3, 0.4) is 0 Å². The molecular weight excluding hydrogens is 208 g/mol. The number of aliphatic hydroxyl groups is 1. The molecule has 1 rings (SSSR count). The number of aryl methyl sites for hydroxylation is 1. The van der Waals surface area contributed by atoms with Gasteiger partial charge in [-0.25, -0.2) is 8.78 Å². The SMILES string of the molecule is Cn1cc(C(CO)N=[N+]=[N-])c(C(F)F)n1. The molecule has 0 amide bonds. The zero-order valence-electron chi connectivity index (χ0n) is 7.88. The van der Waals surface area contributed by atoms with Crippen LogP contribution < -0.4 is 0 Å². The summed E-state index contributed by atoms with van der Waals surface area (Å²) >= 11 is 0. The summed E-state index contributed by atoms with van der Waals surface area (Å²) in [4.78, 5) is 2.48. The van der Waals surface area contributed by atoms with E-state index in [9.17, 15) is 8.78 Å². The van der Waals surface area contributed by atoms with Gasteiger partial charge in [0.15, 0.2) is 0 Å². The van der Waals surface area contributed by atoms with Crippen LogP contribution in [0.15, 0.2) is 11.3 Å². The minimum atomic E-state index is -2.76. The molecule has 0 saturated heterocycles. The summed E-state index contributed by atoms with van der Waals surface area (Å²) in [7, 11) is 1.47. The van der Waals surface area contributed by atoms with Crippen molar-refractivity contribution >= 4 is 0 Å². The number of aromatic nitrogens is 2. The smallest absolute Gasteiger partial charge is 0.282 e. The van der Waals surface area contributed by atoms with Gasteiger partial charge in [-0.2, -0.15) is 5.10 Å². The van der Waals surface area contributed by atoms with Crippen LogP contribution in [0.4, 0.5) is 8.78 Å². The Kier molecular flexibility index (Phi) is 3.59. The molecule has 0 aliphatic carbocycles. The Balaban J connectivity index is 3.15. The molecule has 0 fully saturated rings. The van der Waals surface area contributed by atoms with Crippen molar-refractivity contribution < 1.29 is 13.9 Å². The Morgan fingerprint density at radius 3 is 2.87 bits per heavy atom. The molecule has 82 valence electrons. The van der Waals surface area contributed by atoms with E-state index in [0.29, 0.717) is 0 Å². The minimum absolute atomic E-state index is 0.0489. The predicted octanol–water partition coefficient (Wildman–Crippen LogP) is 1.70. The number of alkyl halides is 2. The number of hydrogen-bond acceptors (Lipinski definition) is 3. The minimum Gasteiger partial charge on any atom is -0.396 e. The first-order chi connectivity index (χ1) is 7.10. The highest BCUT2D eigenvalue weighted by atomic mass is 19.3. The van der Waals surface area contributed by atoms with E-state index in [1.165, 1.54) is 17.9 Å².